The van der Waals surface area contributed by atoms with Gasteiger partial charge in [0.15, 0.2) is 0 Å². The minimum absolute atomic E-state index is 0.192. The second-order valence-corrected chi connectivity index (χ2v) is 6.57. The quantitative estimate of drug-likeness (QED) is 0.740. The fourth-order valence-electron chi connectivity index (χ4n) is 2.03. The lowest BCUT2D eigenvalue weighted by atomic mass is 10.0. The zero-order chi connectivity index (χ0) is 12.0. The predicted molar refractivity (Wildman–Crippen MR) is 66.9 cm³/mol. The van der Waals surface area contributed by atoms with Crippen molar-refractivity contribution < 1.29 is 8.42 Å². The van der Waals surface area contributed by atoms with Crippen LogP contribution in [0.3, 0.4) is 0 Å². The molecule has 1 heterocycles. The molecule has 0 aromatic carbocycles. The highest BCUT2D eigenvalue weighted by atomic mass is 32.2. The molecule has 0 aromatic rings. The number of hydrogen-bond donors (Lipinski definition) is 2. The van der Waals surface area contributed by atoms with Crippen LogP contribution in [0.2, 0.25) is 0 Å². The standard InChI is InChI=1S/C11H24N2O2S/c1-3-10(4-2)9-13-16(14,15)11-5-7-12-8-6-11/h10-13H,3-9H2,1-2H3. The maximum atomic E-state index is 12.0. The maximum Gasteiger partial charge on any atom is 0.214 e. The van der Waals surface area contributed by atoms with E-state index >= 15 is 0 Å². The molecule has 0 spiro atoms. The first-order valence-corrected chi connectivity index (χ1v) is 7.84. The molecule has 1 rings (SSSR count). The molecule has 0 bridgehead atoms. The fourth-order valence-corrected chi connectivity index (χ4v) is 3.59. The fraction of sp³-hybridized carbons (Fsp3) is 1.00. The van der Waals surface area contributed by atoms with Crippen LogP contribution in [0.4, 0.5) is 0 Å². The van der Waals surface area contributed by atoms with Crippen molar-refractivity contribution in [3.8, 4) is 0 Å². The molecule has 0 saturated carbocycles. The van der Waals surface area contributed by atoms with Crippen LogP contribution in [0.15, 0.2) is 0 Å². The minimum Gasteiger partial charge on any atom is -0.317 e. The van der Waals surface area contributed by atoms with Crippen molar-refractivity contribution in [3.05, 3.63) is 0 Å². The van der Waals surface area contributed by atoms with E-state index in [1.807, 2.05) is 0 Å². The number of nitrogens with one attached hydrogen (secondary N) is 2. The smallest absolute Gasteiger partial charge is 0.214 e. The van der Waals surface area contributed by atoms with Crippen molar-refractivity contribution >= 4 is 10.0 Å². The van der Waals surface area contributed by atoms with E-state index < -0.39 is 10.0 Å². The number of piperidine rings is 1. The van der Waals surface area contributed by atoms with Gasteiger partial charge in [-0.2, -0.15) is 0 Å². The average molecular weight is 248 g/mol. The molecule has 2 N–H and O–H groups in total. The van der Waals surface area contributed by atoms with Gasteiger partial charge in [0.05, 0.1) is 5.25 Å². The molecule has 0 radical (unpaired) electrons. The maximum absolute atomic E-state index is 12.0. The normalized spacial score (nSPS) is 19.2. The monoisotopic (exact) mass is 248 g/mol. The second-order valence-electron chi connectivity index (χ2n) is 4.53. The summed E-state index contributed by atoms with van der Waals surface area (Å²) in [4.78, 5) is 0. The molecule has 96 valence electrons. The second kappa shape index (κ2) is 6.57. The highest BCUT2D eigenvalue weighted by Crippen LogP contribution is 2.13. The SMILES string of the molecule is CCC(CC)CNS(=O)(=O)C1CCNCC1. The van der Waals surface area contributed by atoms with E-state index in [0.29, 0.717) is 12.5 Å². The largest absolute Gasteiger partial charge is 0.317 e. The Bertz CT molecular complexity index is 280. The first kappa shape index (κ1) is 13.9. The van der Waals surface area contributed by atoms with Gasteiger partial charge in [-0.3, -0.25) is 0 Å². The van der Waals surface area contributed by atoms with Crippen molar-refractivity contribution in [3.63, 3.8) is 0 Å². The Balaban J connectivity index is 2.44. The van der Waals surface area contributed by atoms with Gasteiger partial charge in [0.2, 0.25) is 10.0 Å². The summed E-state index contributed by atoms with van der Waals surface area (Å²) in [5.74, 6) is 0.469. The molecule has 1 saturated heterocycles. The average Bonchev–Trinajstić information content (AvgIpc) is 2.31. The number of hydrogen-bond acceptors (Lipinski definition) is 3. The van der Waals surface area contributed by atoms with Crippen molar-refractivity contribution in [2.45, 2.75) is 44.8 Å². The summed E-state index contributed by atoms with van der Waals surface area (Å²) in [6.45, 7) is 6.44. The van der Waals surface area contributed by atoms with Crippen LogP contribution in [0.25, 0.3) is 0 Å². The van der Waals surface area contributed by atoms with E-state index in [2.05, 4.69) is 23.9 Å². The minimum atomic E-state index is -3.09. The highest BCUT2D eigenvalue weighted by molar-refractivity contribution is 7.90. The summed E-state index contributed by atoms with van der Waals surface area (Å²) in [5, 5.41) is 2.99. The van der Waals surface area contributed by atoms with Crippen molar-refractivity contribution in [2.75, 3.05) is 19.6 Å². The molecule has 0 amide bonds. The van der Waals surface area contributed by atoms with Crippen molar-refractivity contribution in [1.29, 1.82) is 0 Å². The van der Waals surface area contributed by atoms with Crippen molar-refractivity contribution in [2.24, 2.45) is 5.92 Å². The van der Waals surface area contributed by atoms with Crippen LogP contribution in [0.5, 0.6) is 0 Å². The summed E-state index contributed by atoms with van der Waals surface area (Å²) in [5.41, 5.74) is 0. The highest BCUT2D eigenvalue weighted by Gasteiger charge is 2.26. The Hall–Kier alpha value is -0.130. The first-order valence-electron chi connectivity index (χ1n) is 6.29. The van der Waals surface area contributed by atoms with Crippen LogP contribution < -0.4 is 10.0 Å². The van der Waals surface area contributed by atoms with Gasteiger partial charge < -0.3 is 5.32 Å². The lowest BCUT2D eigenvalue weighted by molar-refractivity contribution is 0.460. The molecular weight excluding hydrogens is 224 g/mol. The van der Waals surface area contributed by atoms with Crippen molar-refractivity contribution in [1.82, 2.24) is 10.0 Å². The molecule has 1 fully saturated rings. The molecular formula is C11H24N2O2S. The summed E-state index contributed by atoms with van der Waals surface area (Å²) in [7, 11) is -3.09. The van der Waals surface area contributed by atoms with Crippen LogP contribution in [0, 0.1) is 5.92 Å². The Morgan fingerprint density at radius 1 is 1.25 bits per heavy atom. The van der Waals surface area contributed by atoms with Gasteiger partial charge in [0.1, 0.15) is 0 Å². The Morgan fingerprint density at radius 3 is 2.31 bits per heavy atom. The third-order valence-corrected chi connectivity index (χ3v) is 5.37. The Labute approximate surface area is 99.2 Å². The van der Waals surface area contributed by atoms with Gasteiger partial charge in [-0.15, -0.1) is 0 Å². The molecule has 1 aliphatic heterocycles. The predicted octanol–water partition coefficient (Wildman–Crippen LogP) is 1.09. The molecule has 1 aliphatic rings. The Kier molecular flexibility index (Phi) is 5.72. The first-order chi connectivity index (χ1) is 7.60. The summed E-state index contributed by atoms with van der Waals surface area (Å²) in [6.07, 6.45) is 3.53. The summed E-state index contributed by atoms with van der Waals surface area (Å²) in [6, 6.07) is 0. The van der Waals surface area contributed by atoms with Gasteiger partial charge in [0.25, 0.3) is 0 Å². The summed E-state index contributed by atoms with van der Waals surface area (Å²) >= 11 is 0. The Morgan fingerprint density at radius 2 is 1.81 bits per heavy atom. The lowest BCUT2D eigenvalue weighted by Gasteiger charge is -2.24. The van der Waals surface area contributed by atoms with E-state index in [1.54, 1.807) is 0 Å². The lowest BCUT2D eigenvalue weighted by Crippen LogP contribution is -2.42. The topological polar surface area (TPSA) is 58.2 Å². The van der Waals surface area contributed by atoms with Gasteiger partial charge in [-0.05, 0) is 31.8 Å². The molecule has 5 heteroatoms. The molecule has 0 aromatic heterocycles. The number of rotatable bonds is 6. The van der Waals surface area contributed by atoms with E-state index in [9.17, 15) is 8.42 Å². The number of sulfonamides is 1. The molecule has 0 aliphatic carbocycles. The zero-order valence-corrected chi connectivity index (χ0v) is 11.1. The third kappa shape index (κ3) is 4.03. The van der Waals surface area contributed by atoms with Gasteiger partial charge >= 0.3 is 0 Å². The molecule has 16 heavy (non-hydrogen) atoms. The van der Waals surface area contributed by atoms with Gasteiger partial charge in [-0.1, -0.05) is 26.7 Å². The van der Waals surface area contributed by atoms with Crippen LogP contribution in [-0.2, 0) is 10.0 Å². The summed E-state index contributed by atoms with van der Waals surface area (Å²) < 4.78 is 26.7. The zero-order valence-electron chi connectivity index (χ0n) is 10.3. The van der Waals surface area contributed by atoms with Crippen LogP contribution in [-0.4, -0.2) is 33.3 Å². The molecule has 0 unspecified atom stereocenters. The third-order valence-electron chi connectivity index (χ3n) is 3.45. The molecule has 0 atom stereocenters. The van der Waals surface area contributed by atoms with E-state index in [1.165, 1.54) is 0 Å². The van der Waals surface area contributed by atoms with E-state index in [-0.39, 0.29) is 5.25 Å². The van der Waals surface area contributed by atoms with Crippen LogP contribution >= 0.6 is 0 Å². The van der Waals surface area contributed by atoms with E-state index in [4.69, 9.17) is 0 Å². The van der Waals surface area contributed by atoms with Gasteiger partial charge in [0, 0.05) is 6.54 Å². The van der Waals surface area contributed by atoms with Gasteiger partial charge in [-0.25, -0.2) is 13.1 Å². The molecule has 4 nitrogen and oxygen atoms in total. The van der Waals surface area contributed by atoms with Crippen LogP contribution in [0.1, 0.15) is 39.5 Å². The van der Waals surface area contributed by atoms with E-state index in [0.717, 1.165) is 38.8 Å².